The van der Waals surface area contributed by atoms with Crippen LogP contribution in [0, 0.1) is 0 Å². The summed E-state index contributed by atoms with van der Waals surface area (Å²) in [5, 5.41) is 10.6. The van der Waals surface area contributed by atoms with E-state index in [1.165, 1.54) is 0 Å². The van der Waals surface area contributed by atoms with Gasteiger partial charge in [-0.3, -0.25) is 4.79 Å². The fourth-order valence-electron chi connectivity index (χ4n) is 2.53. The van der Waals surface area contributed by atoms with Crippen LogP contribution >= 0.6 is 22.7 Å². The van der Waals surface area contributed by atoms with Gasteiger partial charge in [-0.25, -0.2) is 9.78 Å². The van der Waals surface area contributed by atoms with E-state index in [0.29, 0.717) is 26.1 Å². The van der Waals surface area contributed by atoms with Crippen molar-refractivity contribution in [1.29, 1.82) is 0 Å². The normalized spacial score (nSPS) is 17.9. The first-order chi connectivity index (χ1) is 11.2. The fraction of sp³-hybridized carbons (Fsp3) is 0.400. The molecule has 0 aliphatic carbocycles. The summed E-state index contributed by atoms with van der Waals surface area (Å²) in [6, 6.07) is 3.43. The number of aromatic nitrogens is 1. The average Bonchev–Trinajstić information content (AvgIpc) is 3.23. The van der Waals surface area contributed by atoms with Crippen molar-refractivity contribution in [3.8, 4) is 9.88 Å². The van der Waals surface area contributed by atoms with Gasteiger partial charge in [0.15, 0.2) is 0 Å². The molecule has 0 aromatic carbocycles. The number of carbonyl (C=O) groups is 2. The van der Waals surface area contributed by atoms with Gasteiger partial charge in [0.2, 0.25) is 5.91 Å². The van der Waals surface area contributed by atoms with Crippen LogP contribution in [0.25, 0.3) is 9.88 Å². The molecule has 8 heteroatoms. The number of rotatable bonds is 4. The van der Waals surface area contributed by atoms with E-state index in [9.17, 15) is 9.59 Å². The van der Waals surface area contributed by atoms with Gasteiger partial charge in [0, 0.05) is 18.5 Å². The van der Waals surface area contributed by atoms with Gasteiger partial charge in [-0.05, 0) is 17.9 Å². The number of hydrogen-bond donors (Lipinski definition) is 2. The molecule has 0 bridgehead atoms. The number of thiazole rings is 1. The zero-order valence-corrected chi connectivity index (χ0v) is 14.4. The van der Waals surface area contributed by atoms with Crippen LogP contribution in [0.3, 0.4) is 0 Å². The van der Waals surface area contributed by atoms with Crippen LogP contribution in [0.4, 0.5) is 4.79 Å². The zero-order chi connectivity index (χ0) is 16.2. The lowest BCUT2D eigenvalue weighted by atomic mass is 10.1. The van der Waals surface area contributed by atoms with Crippen molar-refractivity contribution >= 4 is 34.6 Å². The second-order valence-electron chi connectivity index (χ2n) is 5.19. The Balaban J connectivity index is 1.59. The van der Waals surface area contributed by atoms with Crippen LogP contribution in [0.15, 0.2) is 22.9 Å². The monoisotopic (exact) mass is 350 g/mol. The average molecular weight is 350 g/mol. The van der Waals surface area contributed by atoms with Gasteiger partial charge < -0.3 is 15.5 Å². The van der Waals surface area contributed by atoms with E-state index in [2.05, 4.69) is 15.6 Å². The summed E-state index contributed by atoms with van der Waals surface area (Å²) in [6.07, 6.45) is 0.610. The maximum absolute atomic E-state index is 12.3. The van der Waals surface area contributed by atoms with Crippen LogP contribution < -0.4 is 10.6 Å². The second kappa shape index (κ2) is 7.10. The first-order valence-electron chi connectivity index (χ1n) is 7.49. The lowest BCUT2D eigenvalue weighted by Crippen LogP contribution is -2.59. The van der Waals surface area contributed by atoms with Crippen molar-refractivity contribution in [2.45, 2.75) is 25.9 Å². The molecule has 3 rings (SSSR count). The van der Waals surface area contributed by atoms with E-state index in [0.717, 1.165) is 15.6 Å². The van der Waals surface area contributed by atoms with Gasteiger partial charge in [0.05, 0.1) is 17.1 Å². The SMILES string of the molecule is CC[C@H]1C(=O)NCCN1C(=O)NCc1csc(-c2cccs2)n1. The molecule has 6 nitrogen and oxygen atoms in total. The minimum atomic E-state index is -0.388. The Bertz CT molecular complexity index is 683. The van der Waals surface area contributed by atoms with Crippen LogP contribution in [-0.4, -0.2) is 41.0 Å². The Morgan fingerprint density at radius 1 is 1.52 bits per heavy atom. The highest BCUT2D eigenvalue weighted by atomic mass is 32.1. The fourth-order valence-corrected chi connectivity index (χ4v) is 4.17. The summed E-state index contributed by atoms with van der Waals surface area (Å²) in [5.41, 5.74) is 0.834. The third-order valence-corrected chi connectivity index (χ3v) is 5.61. The highest BCUT2D eigenvalue weighted by molar-refractivity contribution is 7.20. The second-order valence-corrected chi connectivity index (χ2v) is 6.99. The van der Waals surface area contributed by atoms with E-state index < -0.39 is 0 Å². The summed E-state index contributed by atoms with van der Waals surface area (Å²) in [5.74, 6) is -0.0810. The minimum Gasteiger partial charge on any atom is -0.353 e. The first-order valence-corrected chi connectivity index (χ1v) is 9.25. The summed E-state index contributed by atoms with van der Waals surface area (Å²) in [6.45, 7) is 3.31. The highest BCUT2D eigenvalue weighted by Gasteiger charge is 2.31. The molecule has 1 atom stereocenters. The summed E-state index contributed by atoms with van der Waals surface area (Å²) in [7, 11) is 0. The third-order valence-electron chi connectivity index (χ3n) is 3.68. The summed E-state index contributed by atoms with van der Waals surface area (Å²) < 4.78 is 0. The van der Waals surface area contributed by atoms with Crippen LogP contribution in [0.5, 0.6) is 0 Å². The molecule has 2 aromatic heterocycles. The Morgan fingerprint density at radius 2 is 2.39 bits per heavy atom. The van der Waals surface area contributed by atoms with Gasteiger partial charge in [0.25, 0.3) is 0 Å². The van der Waals surface area contributed by atoms with Crippen molar-refractivity contribution in [2.75, 3.05) is 13.1 Å². The Morgan fingerprint density at radius 3 is 3.13 bits per heavy atom. The number of urea groups is 1. The number of nitrogens with zero attached hydrogens (tertiary/aromatic N) is 2. The highest BCUT2D eigenvalue weighted by Crippen LogP contribution is 2.27. The first kappa shape index (κ1) is 15.9. The quantitative estimate of drug-likeness (QED) is 0.888. The number of hydrogen-bond acceptors (Lipinski definition) is 5. The lowest BCUT2D eigenvalue weighted by Gasteiger charge is -2.34. The van der Waals surface area contributed by atoms with E-state index in [1.807, 2.05) is 29.8 Å². The van der Waals surface area contributed by atoms with Gasteiger partial charge in [-0.1, -0.05) is 13.0 Å². The number of piperazine rings is 1. The lowest BCUT2D eigenvalue weighted by molar-refractivity contribution is -0.127. The van der Waals surface area contributed by atoms with Crippen LogP contribution in [-0.2, 0) is 11.3 Å². The molecule has 2 N–H and O–H groups in total. The topological polar surface area (TPSA) is 74.3 Å². The van der Waals surface area contributed by atoms with Gasteiger partial charge in [-0.2, -0.15) is 0 Å². The van der Waals surface area contributed by atoms with Crippen LogP contribution in [0.2, 0.25) is 0 Å². The van der Waals surface area contributed by atoms with Crippen molar-refractivity contribution in [3.05, 3.63) is 28.6 Å². The van der Waals surface area contributed by atoms with Crippen LogP contribution in [0.1, 0.15) is 19.0 Å². The predicted molar refractivity (Wildman–Crippen MR) is 91.5 cm³/mol. The molecular formula is C15H18N4O2S2. The summed E-state index contributed by atoms with van der Waals surface area (Å²) in [4.78, 5) is 31.4. The maximum Gasteiger partial charge on any atom is 0.318 e. The van der Waals surface area contributed by atoms with Crippen molar-refractivity contribution in [1.82, 2.24) is 20.5 Å². The third kappa shape index (κ3) is 3.53. The molecule has 0 spiro atoms. The molecule has 3 heterocycles. The largest absolute Gasteiger partial charge is 0.353 e. The van der Waals surface area contributed by atoms with Gasteiger partial charge in [0.1, 0.15) is 11.0 Å². The van der Waals surface area contributed by atoms with Crippen molar-refractivity contribution in [2.24, 2.45) is 0 Å². The molecule has 2 aromatic rings. The molecule has 23 heavy (non-hydrogen) atoms. The van der Waals surface area contributed by atoms with Crippen molar-refractivity contribution in [3.63, 3.8) is 0 Å². The zero-order valence-electron chi connectivity index (χ0n) is 12.7. The minimum absolute atomic E-state index is 0.0810. The van der Waals surface area contributed by atoms with Crippen molar-refractivity contribution < 1.29 is 9.59 Å². The Labute approximate surface area is 142 Å². The predicted octanol–water partition coefficient (Wildman–Crippen LogP) is 2.29. The van der Waals surface area contributed by atoms with Gasteiger partial charge in [-0.15, -0.1) is 22.7 Å². The number of carbonyl (C=O) groups excluding carboxylic acids is 2. The molecular weight excluding hydrogens is 332 g/mol. The van der Waals surface area contributed by atoms with E-state index in [1.54, 1.807) is 27.6 Å². The Hall–Kier alpha value is -1.93. The smallest absolute Gasteiger partial charge is 0.318 e. The summed E-state index contributed by atoms with van der Waals surface area (Å²) >= 11 is 3.22. The molecule has 3 amide bonds. The molecule has 0 saturated carbocycles. The number of nitrogens with one attached hydrogen (secondary N) is 2. The molecule has 1 aliphatic heterocycles. The molecule has 1 aliphatic rings. The Kier molecular flexibility index (Phi) is 4.92. The molecule has 122 valence electrons. The van der Waals surface area contributed by atoms with E-state index in [4.69, 9.17) is 0 Å². The van der Waals surface area contributed by atoms with E-state index in [-0.39, 0.29) is 18.0 Å². The molecule has 0 radical (unpaired) electrons. The molecule has 1 fully saturated rings. The molecule has 1 saturated heterocycles. The number of thiophene rings is 1. The van der Waals surface area contributed by atoms with Gasteiger partial charge >= 0.3 is 6.03 Å². The molecule has 0 unspecified atom stereocenters. The van der Waals surface area contributed by atoms with E-state index >= 15 is 0 Å². The number of amides is 3. The maximum atomic E-state index is 12.3. The standard InChI is InChI=1S/C15H18N4O2S2/c1-2-11-13(20)16-5-6-19(11)15(21)17-8-10-9-23-14(18-10)12-4-3-7-22-12/h3-4,7,9,11H,2,5-6,8H2,1H3,(H,16,20)(H,17,21)/t11-/m0/s1.